The van der Waals surface area contributed by atoms with Crippen LogP contribution in [0, 0.1) is 0 Å². The first-order valence-electron chi connectivity index (χ1n) is 3.73. The fourth-order valence-corrected chi connectivity index (χ4v) is 1.81. The molecule has 0 amide bonds. The van der Waals surface area contributed by atoms with Crippen LogP contribution in [0.3, 0.4) is 0 Å². The molecule has 0 fully saturated rings. The topological polar surface area (TPSA) is 80.4 Å². The Kier molecular flexibility index (Phi) is 3.02. The Labute approximate surface area is 77.1 Å². The number of rotatable bonds is 3. The predicted octanol–water partition coefficient (Wildman–Crippen LogP) is 0.00850. The second kappa shape index (κ2) is 3.87. The zero-order valence-electron chi connectivity index (χ0n) is 6.92. The molecule has 72 valence electrons. The molecule has 0 aliphatic carbocycles. The van der Waals surface area contributed by atoms with Gasteiger partial charge in [-0.05, 0) is 5.56 Å². The molecule has 0 aliphatic heterocycles. The van der Waals surface area contributed by atoms with Crippen LogP contribution in [0.1, 0.15) is 10.8 Å². The molecule has 0 heterocycles. The highest BCUT2D eigenvalue weighted by Gasteiger charge is 2.21. The Morgan fingerprint density at radius 1 is 1.31 bits per heavy atom. The van der Waals surface area contributed by atoms with Crippen LogP contribution >= 0.6 is 0 Å². The molecule has 1 atom stereocenters. The highest BCUT2D eigenvalue weighted by Crippen LogP contribution is 2.18. The number of nitrogens with two attached hydrogens (primary N) is 1. The second-order valence-corrected chi connectivity index (χ2v) is 4.42. The van der Waals surface area contributed by atoms with Crippen LogP contribution in [0.5, 0.6) is 0 Å². The van der Waals surface area contributed by atoms with Crippen molar-refractivity contribution in [1.29, 1.82) is 0 Å². The third-order valence-electron chi connectivity index (χ3n) is 1.73. The highest BCUT2D eigenvalue weighted by atomic mass is 32.2. The smallest absolute Gasteiger partial charge is 0.218 e. The molecule has 13 heavy (non-hydrogen) atoms. The molecule has 5 heteroatoms. The Morgan fingerprint density at radius 3 is 2.23 bits per heavy atom. The van der Waals surface area contributed by atoms with Gasteiger partial charge in [0, 0.05) is 0 Å². The van der Waals surface area contributed by atoms with Crippen LogP contribution in [-0.4, -0.2) is 20.1 Å². The van der Waals surface area contributed by atoms with E-state index in [9.17, 15) is 8.42 Å². The minimum Gasteiger partial charge on any atom is -0.395 e. The summed E-state index contributed by atoms with van der Waals surface area (Å²) in [6.07, 6.45) is 0. The van der Waals surface area contributed by atoms with Gasteiger partial charge in [-0.2, -0.15) is 0 Å². The summed E-state index contributed by atoms with van der Waals surface area (Å²) >= 11 is 0. The van der Waals surface area contributed by atoms with Crippen LogP contribution in [0.4, 0.5) is 0 Å². The van der Waals surface area contributed by atoms with Gasteiger partial charge in [0.1, 0.15) is 5.25 Å². The minimum atomic E-state index is -3.72. The average Bonchev–Trinajstić information content (AvgIpc) is 2.05. The summed E-state index contributed by atoms with van der Waals surface area (Å²) in [6, 6.07) is 8.39. The molecule has 1 aromatic carbocycles. The van der Waals surface area contributed by atoms with E-state index in [1.165, 1.54) is 0 Å². The van der Waals surface area contributed by atoms with Gasteiger partial charge in [0.25, 0.3) is 0 Å². The summed E-state index contributed by atoms with van der Waals surface area (Å²) in [4.78, 5) is 0. The molecule has 0 bridgehead atoms. The second-order valence-electron chi connectivity index (χ2n) is 2.67. The molecule has 0 saturated carbocycles. The number of aliphatic hydroxyl groups is 1. The fourth-order valence-electron chi connectivity index (χ4n) is 1.07. The van der Waals surface area contributed by atoms with Crippen molar-refractivity contribution in [2.75, 3.05) is 6.61 Å². The van der Waals surface area contributed by atoms with Gasteiger partial charge in [0.05, 0.1) is 6.61 Å². The summed E-state index contributed by atoms with van der Waals surface area (Å²) < 4.78 is 22.0. The van der Waals surface area contributed by atoms with Gasteiger partial charge >= 0.3 is 0 Å². The van der Waals surface area contributed by atoms with E-state index in [-0.39, 0.29) is 0 Å². The zero-order valence-corrected chi connectivity index (χ0v) is 7.74. The van der Waals surface area contributed by atoms with Crippen LogP contribution < -0.4 is 5.14 Å². The van der Waals surface area contributed by atoms with Gasteiger partial charge in [-0.15, -0.1) is 0 Å². The molecule has 1 rings (SSSR count). The highest BCUT2D eigenvalue weighted by molar-refractivity contribution is 7.89. The molecular weight excluding hydrogens is 190 g/mol. The lowest BCUT2D eigenvalue weighted by atomic mass is 10.2. The summed E-state index contributed by atoms with van der Waals surface area (Å²) in [5, 5.41) is 12.8. The Morgan fingerprint density at radius 2 is 1.85 bits per heavy atom. The van der Waals surface area contributed by atoms with Crippen LogP contribution in [-0.2, 0) is 10.0 Å². The van der Waals surface area contributed by atoms with E-state index in [1.807, 2.05) is 0 Å². The van der Waals surface area contributed by atoms with Crippen molar-refractivity contribution in [3.05, 3.63) is 35.9 Å². The maximum atomic E-state index is 11.0. The van der Waals surface area contributed by atoms with Crippen molar-refractivity contribution in [1.82, 2.24) is 0 Å². The molecule has 1 unspecified atom stereocenters. The van der Waals surface area contributed by atoms with Gasteiger partial charge in [0.2, 0.25) is 10.0 Å². The maximum Gasteiger partial charge on any atom is 0.218 e. The fraction of sp³-hybridized carbons (Fsp3) is 0.250. The molecule has 0 saturated heterocycles. The van der Waals surface area contributed by atoms with Crippen molar-refractivity contribution >= 4 is 10.0 Å². The number of aliphatic hydroxyl groups excluding tert-OH is 1. The average molecular weight is 201 g/mol. The molecule has 0 aromatic heterocycles. The summed E-state index contributed by atoms with van der Waals surface area (Å²) in [5.41, 5.74) is 0.507. The SMILES string of the molecule is NS(=O)(=O)C(CO)c1ccccc1. The van der Waals surface area contributed by atoms with E-state index >= 15 is 0 Å². The zero-order chi connectivity index (χ0) is 9.90. The first-order valence-corrected chi connectivity index (χ1v) is 5.34. The normalized spacial score (nSPS) is 14.0. The quantitative estimate of drug-likeness (QED) is 0.722. The summed E-state index contributed by atoms with van der Waals surface area (Å²) in [7, 11) is -3.72. The van der Waals surface area contributed by atoms with E-state index in [4.69, 9.17) is 10.2 Å². The van der Waals surface area contributed by atoms with Gasteiger partial charge in [0.15, 0.2) is 0 Å². The van der Waals surface area contributed by atoms with E-state index in [0.717, 1.165) is 0 Å². The van der Waals surface area contributed by atoms with Gasteiger partial charge < -0.3 is 5.11 Å². The predicted molar refractivity (Wildman–Crippen MR) is 49.4 cm³/mol. The van der Waals surface area contributed by atoms with Gasteiger partial charge in [-0.1, -0.05) is 30.3 Å². The number of hydrogen-bond acceptors (Lipinski definition) is 3. The molecule has 0 radical (unpaired) electrons. The van der Waals surface area contributed by atoms with E-state index in [0.29, 0.717) is 5.56 Å². The largest absolute Gasteiger partial charge is 0.395 e. The Hall–Kier alpha value is -0.910. The molecule has 4 nitrogen and oxygen atoms in total. The number of benzene rings is 1. The van der Waals surface area contributed by atoms with Crippen molar-refractivity contribution in [3.8, 4) is 0 Å². The van der Waals surface area contributed by atoms with Crippen LogP contribution in [0.15, 0.2) is 30.3 Å². The first kappa shape index (κ1) is 10.2. The minimum absolute atomic E-state index is 0.497. The number of primary sulfonamides is 1. The van der Waals surface area contributed by atoms with E-state index < -0.39 is 21.9 Å². The molecule has 0 spiro atoms. The molecular formula is C8H11NO3S. The number of hydrogen-bond donors (Lipinski definition) is 2. The van der Waals surface area contributed by atoms with Crippen molar-refractivity contribution in [3.63, 3.8) is 0 Å². The van der Waals surface area contributed by atoms with Gasteiger partial charge in [-0.3, -0.25) is 0 Å². The summed E-state index contributed by atoms with van der Waals surface area (Å²) in [5.74, 6) is 0. The standard InChI is InChI=1S/C8H11NO3S/c9-13(11,12)8(6-10)7-4-2-1-3-5-7/h1-5,8,10H,6H2,(H2,9,11,12). The van der Waals surface area contributed by atoms with E-state index in [1.54, 1.807) is 30.3 Å². The lowest BCUT2D eigenvalue weighted by molar-refractivity contribution is 0.291. The molecule has 1 aromatic rings. The third-order valence-corrected chi connectivity index (χ3v) is 2.95. The summed E-state index contributed by atoms with van der Waals surface area (Å²) in [6.45, 7) is -0.497. The maximum absolute atomic E-state index is 11.0. The van der Waals surface area contributed by atoms with Gasteiger partial charge in [-0.25, -0.2) is 13.6 Å². The Bertz CT molecular complexity index is 360. The lowest BCUT2D eigenvalue weighted by Crippen LogP contribution is -2.24. The Balaban J connectivity index is 3.06. The van der Waals surface area contributed by atoms with E-state index in [2.05, 4.69) is 0 Å². The van der Waals surface area contributed by atoms with Crippen LogP contribution in [0.25, 0.3) is 0 Å². The van der Waals surface area contributed by atoms with Crippen molar-refractivity contribution < 1.29 is 13.5 Å². The van der Waals surface area contributed by atoms with Crippen molar-refractivity contribution in [2.45, 2.75) is 5.25 Å². The third kappa shape index (κ3) is 2.51. The molecule has 3 N–H and O–H groups in total. The first-order chi connectivity index (χ1) is 6.05. The van der Waals surface area contributed by atoms with Crippen molar-refractivity contribution in [2.24, 2.45) is 5.14 Å². The monoisotopic (exact) mass is 201 g/mol. The molecule has 0 aliphatic rings. The van der Waals surface area contributed by atoms with Crippen LogP contribution in [0.2, 0.25) is 0 Å². The number of sulfonamides is 1. The lowest BCUT2D eigenvalue weighted by Gasteiger charge is -2.11.